The molecule has 0 atom stereocenters. The Balaban J connectivity index is 0.000000132. The topological polar surface area (TPSA) is 307 Å². The molecule has 4 aliphatic carbocycles. The lowest BCUT2D eigenvalue weighted by molar-refractivity contribution is 0.0682. The van der Waals surface area contributed by atoms with Gasteiger partial charge in [0.1, 0.15) is 11.6 Å². The first-order chi connectivity index (χ1) is 68.0. The smallest absolute Gasteiger partial charge is 0.338 e. The summed E-state index contributed by atoms with van der Waals surface area (Å²) in [5.74, 6) is -5.88. The number of rotatable bonds is 10. The van der Waals surface area contributed by atoms with E-state index in [1.807, 2.05) is 86.9 Å². The standard InChI is InChI=1S/C31H30FN3O2.C31H31N3O2.C30H28FN3O2.C30H29N3O2/c1-6-35-26-10-7-18(17-33)13-25(26)34-28(20-9-8-19(29(36)37)14-24(20)32)21-15-22-23(16-27(21)35)31(4,5)12-11-30(22,2)3;1-6-34-26-12-7-19(18-32)15-25(26)33-28(20-8-10-21(11-9-20)29(35)36)22-16-23-24(17-27(22)34)31(4,5)14-13-30(23,2)3;1-29(2)10-11-30(3,4)22-15-26-20(14-21(22)29)27(18-7-8-19(28(35)36)23(31)13-18)33-24-12-17(16-32)6-9-25(24)34(26)5;1-29(2)12-13-30(3,4)23-16-26-21(15-22(23)29)27(19-7-9-20(10-8-19)28(34)35)32-24-14-18(17-31)6-11-25(24)33(26)5/h7-10,13-16H,6,11-12H2,1-5H3,(H,36,37);7-12,15-17H,6,13-14H2,1-5H3,(H,35,36);6-9,12-15H,10-11H2,1-5H3,(H,35,36);6-11,14-16H,12-13H2,1-5H3,(H,34,35). The zero-order valence-corrected chi connectivity index (χ0v) is 85.2. The van der Waals surface area contributed by atoms with Crippen LogP contribution in [0.3, 0.4) is 0 Å². The van der Waals surface area contributed by atoms with Crippen molar-refractivity contribution in [2.45, 2.75) is 219 Å². The molecule has 0 amide bonds. The number of carbonyl (C=O) groups is 4. The van der Waals surface area contributed by atoms with Crippen molar-refractivity contribution in [2.24, 2.45) is 20.0 Å². The Labute approximate surface area is 841 Å². The molecule has 0 saturated carbocycles. The highest BCUT2D eigenvalue weighted by Crippen LogP contribution is 2.57. The molecule has 0 unspecified atom stereocenters. The van der Waals surface area contributed by atoms with Crippen molar-refractivity contribution in [1.29, 1.82) is 21.0 Å². The number of aromatic carboxylic acids is 4. The van der Waals surface area contributed by atoms with E-state index in [1.165, 1.54) is 68.8 Å². The second-order valence-corrected chi connectivity index (χ2v) is 44.2. The largest absolute Gasteiger partial charge is 0.478 e. The van der Waals surface area contributed by atoms with Crippen LogP contribution in [0.15, 0.2) is 226 Å². The zero-order chi connectivity index (χ0) is 104. The van der Waals surface area contributed by atoms with Crippen molar-refractivity contribution in [3.63, 3.8) is 0 Å². The molecule has 20 nitrogen and oxygen atoms in total. The number of benzene rings is 12. The quantitative estimate of drug-likeness (QED) is 0.0989. The molecule has 4 aliphatic heterocycles. The van der Waals surface area contributed by atoms with Crippen molar-refractivity contribution in [3.8, 4) is 24.3 Å². The number of hydrogen-bond donors (Lipinski definition) is 4. The molecule has 728 valence electrons. The van der Waals surface area contributed by atoms with E-state index in [0.29, 0.717) is 57.2 Å². The first-order valence-electron chi connectivity index (χ1n) is 49.0. The van der Waals surface area contributed by atoms with Gasteiger partial charge in [0.15, 0.2) is 0 Å². The summed E-state index contributed by atoms with van der Waals surface area (Å²) in [6.45, 7) is 42.2. The molecule has 12 aromatic rings. The van der Waals surface area contributed by atoms with Crippen LogP contribution in [0, 0.1) is 57.0 Å². The van der Waals surface area contributed by atoms with E-state index >= 15 is 4.39 Å². The average Bonchev–Trinajstić information content (AvgIpc) is 1.62. The van der Waals surface area contributed by atoms with Crippen LogP contribution in [-0.4, -0.2) is 94.3 Å². The summed E-state index contributed by atoms with van der Waals surface area (Å²) in [5, 5.41) is 75.6. The van der Waals surface area contributed by atoms with Crippen LogP contribution in [0.2, 0.25) is 0 Å². The van der Waals surface area contributed by atoms with Gasteiger partial charge in [-0.15, -0.1) is 0 Å². The highest BCUT2D eigenvalue weighted by Gasteiger charge is 2.46. The van der Waals surface area contributed by atoms with Crippen molar-refractivity contribution in [1.82, 2.24) is 0 Å². The fourth-order valence-corrected chi connectivity index (χ4v) is 21.9. The summed E-state index contributed by atoms with van der Waals surface area (Å²) >= 11 is 0. The lowest BCUT2D eigenvalue weighted by Crippen LogP contribution is -2.35. The van der Waals surface area contributed by atoms with E-state index in [9.17, 15) is 65.0 Å². The Kier molecular flexibility index (Phi) is 25.6. The van der Waals surface area contributed by atoms with Crippen LogP contribution >= 0.6 is 0 Å². The van der Waals surface area contributed by atoms with Crippen LogP contribution in [-0.2, 0) is 43.3 Å². The monoisotopic (exact) mass is 1920 g/mol. The van der Waals surface area contributed by atoms with Gasteiger partial charge < -0.3 is 40.0 Å². The highest BCUT2D eigenvalue weighted by molar-refractivity contribution is 6.23. The molecule has 0 bridgehead atoms. The van der Waals surface area contributed by atoms with Crippen LogP contribution in [0.25, 0.3) is 0 Å². The summed E-state index contributed by atoms with van der Waals surface area (Å²) in [7, 11) is 4.02. The van der Waals surface area contributed by atoms with Crippen molar-refractivity contribution < 1.29 is 48.4 Å². The first-order valence-corrected chi connectivity index (χ1v) is 49.0. The molecule has 0 aromatic heterocycles. The van der Waals surface area contributed by atoms with Crippen LogP contribution in [0.4, 0.5) is 77.0 Å². The van der Waals surface area contributed by atoms with Gasteiger partial charge in [0.2, 0.25) is 0 Å². The molecule has 0 radical (unpaired) electrons. The molecule has 4 heterocycles. The van der Waals surface area contributed by atoms with E-state index in [-0.39, 0.29) is 71.1 Å². The Morgan fingerprint density at radius 3 is 0.840 bits per heavy atom. The number of hydrogen-bond acceptors (Lipinski definition) is 16. The summed E-state index contributed by atoms with van der Waals surface area (Å²) in [5.41, 5.74) is 31.3. The maximum atomic E-state index is 15.5. The van der Waals surface area contributed by atoms with Gasteiger partial charge in [-0.25, -0.2) is 47.9 Å². The van der Waals surface area contributed by atoms with Crippen LogP contribution < -0.4 is 19.6 Å². The summed E-state index contributed by atoms with van der Waals surface area (Å²) in [6.07, 6.45) is 8.66. The number of carboxylic acids is 4. The second-order valence-electron chi connectivity index (χ2n) is 44.2. The third-order valence-corrected chi connectivity index (χ3v) is 31.2. The number of anilines is 8. The second kappa shape index (κ2) is 36.9. The Hall–Kier alpha value is -15.8. The van der Waals surface area contributed by atoms with E-state index in [2.05, 4.69) is 217 Å². The first kappa shape index (κ1) is 99.8. The molecular weight excluding hydrogens is 1800 g/mol. The number of nitrogens with zero attached hydrogens (tertiary/aromatic N) is 12. The Morgan fingerprint density at radius 2 is 0.549 bits per heavy atom. The van der Waals surface area contributed by atoms with Crippen molar-refractivity contribution in [2.75, 3.05) is 46.8 Å². The van der Waals surface area contributed by atoms with Crippen molar-refractivity contribution >= 4 is 115 Å². The predicted octanol–water partition coefficient (Wildman–Crippen LogP) is 28.5. The van der Waals surface area contributed by atoms with Gasteiger partial charge >= 0.3 is 23.9 Å². The number of fused-ring (bicyclic) bond motifs is 12. The number of aliphatic imine (C=N–C) groups is 4. The summed E-state index contributed by atoms with van der Waals surface area (Å²) in [4.78, 5) is 74.7. The molecule has 0 fully saturated rings. The van der Waals surface area contributed by atoms with Crippen LogP contribution in [0.5, 0.6) is 0 Å². The minimum atomic E-state index is -1.32. The Morgan fingerprint density at radius 1 is 0.285 bits per heavy atom. The third kappa shape index (κ3) is 18.1. The lowest BCUT2D eigenvalue weighted by Gasteiger charge is -2.43. The van der Waals surface area contributed by atoms with Crippen LogP contribution in [0.1, 0.15) is 329 Å². The van der Waals surface area contributed by atoms with Gasteiger partial charge in [0.25, 0.3) is 0 Å². The minimum Gasteiger partial charge on any atom is -0.478 e. The van der Waals surface area contributed by atoms with Gasteiger partial charge in [0.05, 0.1) is 160 Å². The van der Waals surface area contributed by atoms with Gasteiger partial charge in [-0.1, -0.05) is 141 Å². The molecular formula is C122H118F2N12O8. The molecule has 4 N–H and O–H groups in total. The molecule has 8 aliphatic rings. The SMILES string of the molecule is CCN1c2ccc(C#N)cc2N=C(c2ccc(C(=O)O)cc2)c2cc3c(cc21)C(C)(C)CCC3(C)C.CCN1c2ccc(C#N)cc2N=C(c2ccc(C(=O)O)cc2F)c2cc3c(cc21)C(C)(C)CCC3(C)C.CN1c2ccc(C#N)cc2N=C(c2ccc(C(=O)O)c(F)c2)c2cc3c(cc21)C(C)(C)CCC3(C)C.CN1c2ccc(C#N)cc2N=C(c2ccc(C(=O)O)cc2)c2cc3c(cc21)C(C)(C)CCC3(C)C. The maximum absolute atomic E-state index is 15.5. The highest BCUT2D eigenvalue weighted by atomic mass is 19.1. The predicted molar refractivity (Wildman–Crippen MR) is 568 cm³/mol. The third-order valence-electron chi connectivity index (χ3n) is 31.2. The van der Waals surface area contributed by atoms with Gasteiger partial charge in [-0.3, -0.25) is 0 Å². The van der Waals surface area contributed by atoms with E-state index in [4.69, 9.17) is 20.0 Å². The van der Waals surface area contributed by atoms with Gasteiger partial charge in [-0.2, -0.15) is 21.0 Å². The maximum Gasteiger partial charge on any atom is 0.338 e. The lowest BCUT2D eigenvalue weighted by atomic mass is 9.62. The molecule has 0 spiro atoms. The molecule has 12 aromatic carbocycles. The molecule has 144 heavy (non-hydrogen) atoms. The minimum absolute atomic E-state index is 0.00687. The summed E-state index contributed by atoms with van der Waals surface area (Å²) < 4.78 is 30.4. The Bertz CT molecular complexity index is 7750. The zero-order valence-electron chi connectivity index (χ0n) is 85.2. The molecule has 22 heteroatoms. The van der Waals surface area contributed by atoms with Gasteiger partial charge in [0, 0.05) is 71.7 Å². The van der Waals surface area contributed by atoms with Gasteiger partial charge in [-0.05, 0) is 329 Å². The molecule has 0 saturated heterocycles. The normalized spacial score (nSPS) is 17.1. The van der Waals surface area contributed by atoms with E-state index in [1.54, 1.807) is 54.6 Å². The fraction of sp³-hybridized carbons (Fsp3) is 0.311. The molecule has 20 rings (SSSR count). The average molecular weight is 1920 g/mol. The fourth-order valence-electron chi connectivity index (χ4n) is 21.9. The van der Waals surface area contributed by atoms with Crippen molar-refractivity contribution in [3.05, 3.63) is 351 Å². The number of carboxylic acid groups (broad SMARTS) is 4. The summed E-state index contributed by atoms with van der Waals surface area (Å²) in [6, 6.07) is 70.8. The van der Waals surface area contributed by atoms with E-state index in [0.717, 1.165) is 166 Å². The van der Waals surface area contributed by atoms with E-state index < -0.39 is 35.5 Å². The number of halogens is 2. The number of nitriles is 4.